The minimum atomic E-state index is -0.244. The number of amides is 1. The van der Waals surface area contributed by atoms with Gasteiger partial charge in [0, 0.05) is 12.7 Å². The molecule has 0 aromatic carbocycles. The molecule has 0 spiro atoms. The Morgan fingerprint density at radius 3 is 2.93 bits per heavy atom. The Balaban J connectivity index is 1.90. The third-order valence-electron chi connectivity index (χ3n) is 2.43. The molecule has 1 aliphatic rings. The van der Waals surface area contributed by atoms with E-state index < -0.39 is 0 Å². The number of aryl methyl sites for hydroxylation is 1. The smallest absolute Gasteiger partial charge is 0.410 e. The van der Waals surface area contributed by atoms with Gasteiger partial charge in [-0.15, -0.1) is 0 Å². The predicted molar refractivity (Wildman–Crippen MR) is 54.3 cm³/mol. The van der Waals surface area contributed by atoms with Crippen LogP contribution in [-0.4, -0.2) is 40.5 Å². The number of rotatable bonds is 3. The van der Waals surface area contributed by atoms with Crippen LogP contribution in [0.5, 0.6) is 0 Å². The van der Waals surface area contributed by atoms with Crippen molar-refractivity contribution in [2.75, 3.05) is 25.4 Å². The first kappa shape index (κ1) is 9.82. The van der Waals surface area contributed by atoms with Crippen LogP contribution in [0.25, 0.3) is 0 Å². The van der Waals surface area contributed by atoms with Crippen LogP contribution in [-0.2, 0) is 11.3 Å². The van der Waals surface area contributed by atoms with Crippen LogP contribution in [0, 0.1) is 6.92 Å². The summed E-state index contributed by atoms with van der Waals surface area (Å²) in [5.41, 5.74) is 7.16. The maximum atomic E-state index is 11.1. The topological polar surface area (TPSA) is 73.4 Å². The van der Waals surface area contributed by atoms with Crippen molar-refractivity contribution in [1.82, 2.24) is 14.7 Å². The summed E-state index contributed by atoms with van der Waals surface area (Å²) in [6.45, 7) is 4.26. The van der Waals surface area contributed by atoms with Gasteiger partial charge in [0.1, 0.15) is 6.61 Å². The van der Waals surface area contributed by atoms with Gasteiger partial charge in [-0.05, 0) is 6.92 Å². The second kappa shape index (κ2) is 3.80. The van der Waals surface area contributed by atoms with E-state index in [1.165, 1.54) is 0 Å². The number of carbonyl (C=O) groups excluding carboxylic acids is 1. The summed E-state index contributed by atoms with van der Waals surface area (Å²) in [6.07, 6.45) is 1.53. The maximum Gasteiger partial charge on any atom is 0.410 e. The van der Waals surface area contributed by atoms with E-state index in [1.807, 2.05) is 6.92 Å². The van der Waals surface area contributed by atoms with Crippen LogP contribution in [0.15, 0.2) is 6.20 Å². The number of cyclic esters (lactones) is 1. The fourth-order valence-corrected chi connectivity index (χ4v) is 1.50. The minimum Gasteiger partial charge on any atom is -0.448 e. The normalized spacial score (nSPS) is 15.8. The molecule has 15 heavy (non-hydrogen) atoms. The number of hydrogen-bond acceptors (Lipinski definition) is 4. The van der Waals surface area contributed by atoms with Crippen molar-refractivity contribution in [2.24, 2.45) is 0 Å². The van der Waals surface area contributed by atoms with Crippen LogP contribution in [0.3, 0.4) is 0 Å². The summed E-state index contributed by atoms with van der Waals surface area (Å²) in [5.74, 6) is 0. The molecular weight excluding hydrogens is 196 g/mol. The quantitative estimate of drug-likeness (QED) is 0.774. The molecule has 1 amide bonds. The van der Waals surface area contributed by atoms with E-state index in [0.29, 0.717) is 31.9 Å². The Morgan fingerprint density at radius 2 is 2.40 bits per heavy atom. The standard InChI is InChI=1S/C9H14N4O2/c1-7-8(10)6-13(11-7)3-2-12-4-5-15-9(12)14/h6H,2-5,10H2,1H3. The van der Waals surface area contributed by atoms with Crippen molar-refractivity contribution in [3.05, 3.63) is 11.9 Å². The molecule has 2 heterocycles. The Bertz CT molecular complexity index is 355. The van der Waals surface area contributed by atoms with Crippen LogP contribution >= 0.6 is 0 Å². The Morgan fingerprint density at radius 1 is 1.60 bits per heavy atom. The first-order valence-electron chi connectivity index (χ1n) is 4.88. The number of hydrogen-bond donors (Lipinski definition) is 1. The lowest BCUT2D eigenvalue weighted by Gasteiger charge is -2.11. The third kappa shape index (κ3) is 2.03. The molecule has 6 nitrogen and oxygen atoms in total. The van der Waals surface area contributed by atoms with Gasteiger partial charge in [-0.25, -0.2) is 4.79 Å². The number of nitrogens with two attached hydrogens (primary N) is 1. The average molecular weight is 210 g/mol. The SMILES string of the molecule is Cc1nn(CCN2CCOC2=O)cc1N. The molecule has 0 atom stereocenters. The molecule has 6 heteroatoms. The third-order valence-corrected chi connectivity index (χ3v) is 2.43. The zero-order chi connectivity index (χ0) is 10.8. The molecule has 1 aromatic rings. The lowest BCUT2D eigenvalue weighted by Crippen LogP contribution is -2.28. The molecule has 1 aromatic heterocycles. The Labute approximate surface area is 87.6 Å². The molecule has 0 aliphatic carbocycles. The van der Waals surface area contributed by atoms with Gasteiger partial charge in [0.15, 0.2) is 0 Å². The van der Waals surface area contributed by atoms with Gasteiger partial charge in [0.05, 0.1) is 24.5 Å². The maximum absolute atomic E-state index is 11.1. The zero-order valence-corrected chi connectivity index (χ0v) is 8.64. The van der Waals surface area contributed by atoms with E-state index >= 15 is 0 Å². The molecule has 1 fully saturated rings. The number of anilines is 1. The molecule has 1 aliphatic heterocycles. The molecule has 2 N–H and O–H groups in total. The van der Waals surface area contributed by atoms with Gasteiger partial charge in [0.2, 0.25) is 0 Å². The van der Waals surface area contributed by atoms with Gasteiger partial charge >= 0.3 is 6.09 Å². The van der Waals surface area contributed by atoms with Crippen molar-refractivity contribution in [3.8, 4) is 0 Å². The highest BCUT2D eigenvalue weighted by atomic mass is 16.6. The second-order valence-electron chi connectivity index (χ2n) is 3.53. The highest BCUT2D eigenvalue weighted by Gasteiger charge is 2.21. The van der Waals surface area contributed by atoms with E-state index in [0.717, 1.165) is 5.69 Å². The molecule has 0 bridgehead atoms. The van der Waals surface area contributed by atoms with Crippen LogP contribution < -0.4 is 5.73 Å². The molecule has 0 unspecified atom stereocenters. The fraction of sp³-hybridized carbons (Fsp3) is 0.556. The molecule has 1 saturated heterocycles. The largest absolute Gasteiger partial charge is 0.448 e. The molecule has 2 rings (SSSR count). The molecule has 0 radical (unpaired) electrons. The van der Waals surface area contributed by atoms with E-state index in [1.54, 1.807) is 15.8 Å². The summed E-state index contributed by atoms with van der Waals surface area (Å²) >= 11 is 0. The van der Waals surface area contributed by atoms with Crippen molar-refractivity contribution in [3.63, 3.8) is 0 Å². The molecular formula is C9H14N4O2. The monoisotopic (exact) mass is 210 g/mol. The summed E-state index contributed by atoms with van der Waals surface area (Å²) in [5, 5.41) is 4.21. The number of aromatic nitrogens is 2. The van der Waals surface area contributed by atoms with Crippen molar-refractivity contribution in [1.29, 1.82) is 0 Å². The van der Waals surface area contributed by atoms with E-state index in [4.69, 9.17) is 10.5 Å². The summed E-state index contributed by atoms with van der Waals surface area (Å²) < 4.78 is 6.56. The molecule has 0 saturated carbocycles. The minimum absolute atomic E-state index is 0.244. The van der Waals surface area contributed by atoms with Gasteiger partial charge in [-0.3, -0.25) is 4.68 Å². The highest BCUT2D eigenvalue weighted by Crippen LogP contribution is 2.08. The number of carbonyl (C=O) groups is 1. The van der Waals surface area contributed by atoms with Gasteiger partial charge in [-0.1, -0.05) is 0 Å². The van der Waals surface area contributed by atoms with Crippen LogP contribution in [0.2, 0.25) is 0 Å². The summed E-state index contributed by atoms with van der Waals surface area (Å²) in [6, 6.07) is 0. The first-order valence-corrected chi connectivity index (χ1v) is 4.88. The van der Waals surface area contributed by atoms with Crippen molar-refractivity contribution < 1.29 is 9.53 Å². The van der Waals surface area contributed by atoms with E-state index in [2.05, 4.69) is 5.10 Å². The number of nitrogen functional groups attached to an aromatic ring is 1. The van der Waals surface area contributed by atoms with E-state index in [-0.39, 0.29) is 6.09 Å². The van der Waals surface area contributed by atoms with Crippen LogP contribution in [0.4, 0.5) is 10.5 Å². The lowest BCUT2D eigenvalue weighted by molar-refractivity contribution is 0.157. The first-order chi connectivity index (χ1) is 7.16. The molecule has 82 valence electrons. The van der Waals surface area contributed by atoms with Crippen molar-refractivity contribution in [2.45, 2.75) is 13.5 Å². The van der Waals surface area contributed by atoms with Crippen molar-refractivity contribution >= 4 is 11.8 Å². The van der Waals surface area contributed by atoms with Gasteiger partial charge < -0.3 is 15.4 Å². The average Bonchev–Trinajstić information content (AvgIpc) is 2.72. The number of nitrogens with zero attached hydrogens (tertiary/aromatic N) is 3. The van der Waals surface area contributed by atoms with Gasteiger partial charge in [-0.2, -0.15) is 5.10 Å². The fourth-order valence-electron chi connectivity index (χ4n) is 1.50. The van der Waals surface area contributed by atoms with Crippen LogP contribution in [0.1, 0.15) is 5.69 Å². The summed E-state index contributed by atoms with van der Waals surface area (Å²) in [7, 11) is 0. The second-order valence-corrected chi connectivity index (χ2v) is 3.53. The van der Waals surface area contributed by atoms with Gasteiger partial charge in [0.25, 0.3) is 0 Å². The Hall–Kier alpha value is -1.72. The predicted octanol–water partition coefficient (Wildman–Crippen LogP) is 0.226. The zero-order valence-electron chi connectivity index (χ0n) is 8.64. The Kier molecular flexibility index (Phi) is 2.49. The lowest BCUT2D eigenvalue weighted by atomic mass is 10.4. The number of ether oxygens (including phenoxy) is 1. The van der Waals surface area contributed by atoms with E-state index in [9.17, 15) is 4.79 Å². The summed E-state index contributed by atoms with van der Waals surface area (Å²) in [4.78, 5) is 12.8. The highest BCUT2D eigenvalue weighted by molar-refractivity contribution is 5.69.